The molecule has 7 heteroatoms. The van der Waals surface area contributed by atoms with Crippen molar-refractivity contribution in [1.29, 1.82) is 0 Å². The predicted molar refractivity (Wildman–Crippen MR) is 230 cm³/mol. The average Bonchev–Trinajstić information content (AvgIpc) is 3.80. The highest BCUT2D eigenvalue weighted by Gasteiger charge is 2.26. The lowest BCUT2D eigenvalue weighted by atomic mass is 9.97. The van der Waals surface area contributed by atoms with Crippen LogP contribution in [0.1, 0.15) is 40.6 Å². The molecule has 11 rings (SSSR count). The topological polar surface area (TPSA) is 70.0 Å². The highest BCUT2D eigenvalue weighted by molar-refractivity contribution is 6.10. The van der Waals surface area contributed by atoms with E-state index in [9.17, 15) is 0 Å². The maximum Gasteiger partial charge on any atom is 0.104 e. The Kier molecular flexibility index (Phi) is 8.03. The fourth-order valence-corrected chi connectivity index (χ4v) is 8.87. The van der Waals surface area contributed by atoms with E-state index in [2.05, 4.69) is 212 Å². The lowest BCUT2D eigenvalue weighted by Gasteiger charge is -2.34. The van der Waals surface area contributed by atoms with Crippen LogP contribution in [0.2, 0.25) is 0 Å². The summed E-state index contributed by atoms with van der Waals surface area (Å²) in [5.41, 5.74) is 12.8. The summed E-state index contributed by atoms with van der Waals surface area (Å²) in [6.07, 6.45) is 2.37. The van der Waals surface area contributed by atoms with Crippen molar-refractivity contribution in [2.45, 2.75) is 18.4 Å². The SMILES string of the molecule is C1=C(c2ccc(C3NCNCN3)cc2)NC(c2ccccc2)NC1c1cc(-n2c3ccccc3c3ccccc32)cc(-n2c3ccccc3c3ccccc32)c1. The summed E-state index contributed by atoms with van der Waals surface area (Å²) in [5.74, 6) is 0. The molecule has 7 nitrogen and oxygen atoms in total. The number of benzene rings is 7. The van der Waals surface area contributed by atoms with E-state index in [1.165, 1.54) is 60.3 Å². The molecule has 2 aromatic heterocycles. The van der Waals surface area contributed by atoms with E-state index in [0.29, 0.717) is 0 Å². The van der Waals surface area contributed by atoms with Gasteiger partial charge in [0.1, 0.15) is 6.17 Å². The Morgan fingerprint density at radius 3 is 1.41 bits per heavy atom. The number of aromatic nitrogens is 2. The van der Waals surface area contributed by atoms with Crippen molar-refractivity contribution >= 4 is 49.3 Å². The van der Waals surface area contributed by atoms with E-state index in [0.717, 1.165) is 36.0 Å². The van der Waals surface area contributed by atoms with E-state index >= 15 is 0 Å². The zero-order valence-corrected chi connectivity index (χ0v) is 30.8. The number of fused-ring (bicyclic) bond motifs is 6. The van der Waals surface area contributed by atoms with Crippen LogP contribution >= 0.6 is 0 Å². The first kappa shape index (κ1) is 32.9. The minimum absolute atomic E-state index is 0.108. The van der Waals surface area contributed by atoms with Crippen LogP contribution in [-0.2, 0) is 0 Å². The Morgan fingerprint density at radius 2 is 0.893 bits per heavy atom. The Labute approximate surface area is 325 Å². The molecule has 2 aliphatic heterocycles. The fraction of sp³-hybridized carbons (Fsp3) is 0.102. The fourth-order valence-electron chi connectivity index (χ4n) is 8.87. The molecule has 2 aliphatic rings. The molecule has 272 valence electrons. The highest BCUT2D eigenvalue weighted by Crippen LogP contribution is 2.38. The molecule has 0 saturated carbocycles. The van der Waals surface area contributed by atoms with Crippen molar-refractivity contribution in [3.8, 4) is 11.4 Å². The van der Waals surface area contributed by atoms with Gasteiger partial charge in [-0.2, -0.15) is 0 Å². The van der Waals surface area contributed by atoms with Crippen LogP contribution in [0.3, 0.4) is 0 Å². The second-order valence-corrected chi connectivity index (χ2v) is 14.8. The first-order valence-corrected chi connectivity index (χ1v) is 19.5. The smallest absolute Gasteiger partial charge is 0.104 e. The Bertz CT molecular complexity index is 2680. The molecular formula is C49H41N7. The van der Waals surface area contributed by atoms with E-state index in [1.54, 1.807) is 0 Å². The molecule has 9 aromatic rings. The Hall–Kier alpha value is -6.48. The Balaban J connectivity index is 1.13. The van der Waals surface area contributed by atoms with Gasteiger partial charge in [0.15, 0.2) is 0 Å². The maximum atomic E-state index is 4.01. The van der Waals surface area contributed by atoms with E-state index < -0.39 is 0 Å². The van der Waals surface area contributed by atoms with Crippen LogP contribution in [-0.4, -0.2) is 22.5 Å². The number of hydrogen-bond acceptors (Lipinski definition) is 5. The summed E-state index contributed by atoms with van der Waals surface area (Å²) in [6.45, 7) is 1.56. The van der Waals surface area contributed by atoms with Gasteiger partial charge in [-0.25, -0.2) is 0 Å². The minimum atomic E-state index is -0.109. The summed E-state index contributed by atoms with van der Waals surface area (Å²) in [4.78, 5) is 0. The molecule has 1 saturated heterocycles. The first-order valence-electron chi connectivity index (χ1n) is 19.5. The molecule has 7 aromatic carbocycles. The highest BCUT2D eigenvalue weighted by atomic mass is 15.3. The Morgan fingerprint density at radius 1 is 0.429 bits per heavy atom. The number of nitrogens with zero attached hydrogens (tertiary/aromatic N) is 2. The van der Waals surface area contributed by atoms with Crippen molar-refractivity contribution in [1.82, 2.24) is 35.7 Å². The van der Waals surface area contributed by atoms with Gasteiger partial charge in [0.2, 0.25) is 0 Å². The van der Waals surface area contributed by atoms with Gasteiger partial charge in [0.25, 0.3) is 0 Å². The van der Waals surface area contributed by atoms with Crippen LogP contribution in [0.4, 0.5) is 0 Å². The zero-order valence-electron chi connectivity index (χ0n) is 30.8. The number of hydrogen-bond donors (Lipinski definition) is 5. The third-order valence-electron chi connectivity index (χ3n) is 11.5. The second kappa shape index (κ2) is 13.7. The van der Waals surface area contributed by atoms with Crippen molar-refractivity contribution in [2.75, 3.05) is 13.3 Å². The second-order valence-electron chi connectivity index (χ2n) is 14.8. The molecule has 2 atom stereocenters. The molecule has 0 aliphatic carbocycles. The van der Waals surface area contributed by atoms with Crippen LogP contribution in [0.15, 0.2) is 176 Å². The molecular weight excluding hydrogens is 687 g/mol. The molecule has 1 fully saturated rings. The zero-order chi connectivity index (χ0) is 37.0. The first-order chi connectivity index (χ1) is 27.8. The van der Waals surface area contributed by atoms with E-state index in [1.807, 2.05) is 0 Å². The standard InChI is InChI=1S/C49H41N7/c1-2-12-33(13-3-1)49-53-42(32-22-24-34(25-23-32)48-51-30-50-31-52-48)29-43(54-49)35-26-36(55-44-18-8-4-14-38(44)39-15-5-9-19-45(39)55)28-37(27-35)56-46-20-10-6-16-40(46)41-17-7-11-21-47(41)56/h1-29,43,48-54H,30-31H2. The van der Waals surface area contributed by atoms with Gasteiger partial charge in [-0.05, 0) is 70.8 Å². The third kappa shape index (κ3) is 5.60. The largest absolute Gasteiger partial charge is 0.366 e. The summed E-state index contributed by atoms with van der Waals surface area (Å²) in [7, 11) is 0. The van der Waals surface area contributed by atoms with E-state index in [4.69, 9.17) is 0 Å². The molecule has 0 bridgehead atoms. The molecule has 2 unspecified atom stereocenters. The van der Waals surface area contributed by atoms with E-state index in [-0.39, 0.29) is 18.4 Å². The van der Waals surface area contributed by atoms with Gasteiger partial charge in [0.05, 0.1) is 34.3 Å². The normalized spacial score (nSPS) is 17.8. The number of rotatable bonds is 6. The third-order valence-corrected chi connectivity index (χ3v) is 11.5. The van der Waals surface area contributed by atoms with Crippen molar-refractivity contribution in [2.24, 2.45) is 0 Å². The lowest BCUT2D eigenvalue weighted by molar-refractivity contribution is 0.344. The van der Waals surface area contributed by atoms with Gasteiger partial charge in [0, 0.05) is 52.0 Å². The molecule has 56 heavy (non-hydrogen) atoms. The van der Waals surface area contributed by atoms with Crippen LogP contribution in [0.25, 0.3) is 60.7 Å². The minimum Gasteiger partial charge on any atom is -0.366 e. The quantitative estimate of drug-likeness (QED) is 0.118. The van der Waals surface area contributed by atoms with Crippen molar-refractivity contribution in [3.05, 3.63) is 198 Å². The van der Waals surface area contributed by atoms with Gasteiger partial charge >= 0.3 is 0 Å². The summed E-state index contributed by atoms with van der Waals surface area (Å²) >= 11 is 0. The van der Waals surface area contributed by atoms with Gasteiger partial charge < -0.3 is 14.5 Å². The average molecular weight is 728 g/mol. The predicted octanol–water partition coefficient (Wildman–Crippen LogP) is 9.55. The summed E-state index contributed by atoms with van der Waals surface area (Å²) < 4.78 is 4.88. The number of para-hydroxylation sites is 4. The van der Waals surface area contributed by atoms with Crippen molar-refractivity contribution in [3.63, 3.8) is 0 Å². The van der Waals surface area contributed by atoms with Gasteiger partial charge in [-0.15, -0.1) is 0 Å². The monoisotopic (exact) mass is 727 g/mol. The number of nitrogens with one attached hydrogen (secondary N) is 5. The summed E-state index contributed by atoms with van der Waals surface area (Å²) in [6, 6.07) is 61.7. The van der Waals surface area contributed by atoms with Crippen LogP contribution < -0.4 is 26.6 Å². The maximum absolute atomic E-state index is 4.01. The molecule has 0 amide bonds. The molecule has 5 N–H and O–H groups in total. The molecule has 0 spiro atoms. The van der Waals surface area contributed by atoms with Crippen molar-refractivity contribution < 1.29 is 0 Å². The lowest BCUT2D eigenvalue weighted by Crippen LogP contribution is -2.50. The van der Waals surface area contributed by atoms with Crippen LogP contribution in [0, 0.1) is 0 Å². The molecule has 0 radical (unpaired) electrons. The van der Waals surface area contributed by atoms with Gasteiger partial charge in [-0.3, -0.25) is 21.3 Å². The van der Waals surface area contributed by atoms with Crippen LogP contribution in [0.5, 0.6) is 0 Å². The summed E-state index contributed by atoms with van der Waals surface area (Å²) in [5, 5.41) is 23.2. The molecule has 4 heterocycles. The van der Waals surface area contributed by atoms with Gasteiger partial charge in [-0.1, -0.05) is 127 Å².